The monoisotopic (exact) mass is 250 g/mol. The minimum atomic E-state index is 0.732. The molecule has 4 nitrogen and oxygen atoms in total. The maximum Gasteiger partial charge on any atom is 0.0830 e. The van der Waals surface area contributed by atoms with Gasteiger partial charge in [-0.3, -0.25) is 4.68 Å². The van der Waals surface area contributed by atoms with Crippen molar-refractivity contribution in [3.8, 4) is 0 Å². The summed E-state index contributed by atoms with van der Waals surface area (Å²) in [4.78, 5) is 0. The summed E-state index contributed by atoms with van der Waals surface area (Å²) >= 11 is 0. The van der Waals surface area contributed by atoms with Gasteiger partial charge < -0.3 is 5.32 Å². The highest BCUT2D eigenvalue weighted by molar-refractivity contribution is 4.96. The first-order valence-corrected chi connectivity index (χ1v) is 7.35. The molecular weight excluding hydrogens is 224 g/mol. The van der Waals surface area contributed by atoms with E-state index in [2.05, 4.69) is 28.7 Å². The van der Waals surface area contributed by atoms with Gasteiger partial charge in [0, 0.05) is 13.2 Å². The molecule has 0 radical (unpaired) electrons. The van der Waals surface area contributed by atoms with E-state index in [0.717, 1.165) is 37.0 Å². The molecule has 0 bridgehead atoms. The highest BCUT2D eigenvalue weighted by Crippen LogP contribution is 2.32. The Morgan fingerprint density at radius 3 is 2.83 bits per heavy atom. The summed E-state index contributed by atoms with van der Waals surface area (Å²) in [5.74, 6) is 1.62. The third kappa shape index (κ3) is 3.80. The van der Waals surface area contributed by atoms with Gasteiger partial charge in [0.15, 0.2) is 0 Å². The van der Waals surface area contributed by atoms with Crippen molar-refractivity contribution in [2.75, 3.05) is 13.1 Å². The lowest BCUT2D eigenvalue weighted by Crippen LogP contribution is -2.29. The quantitative estimate of drug-likeness (QED) is 0.754. The molecule has 1 aromatic heterocycles. The van der Waals surface area contributed by atoms with E-state index in [1.165, 1.54) is 32.1 Å². The zero-order valence-corrected chi connectivity index (χ0v) is 11.7. The van der Waals surface area contributed by atoms with Crippen LogP contribution in [0.15, 0.2) is 6.20 Å². The van der Waals surface area contributed by atoms with Gasteiger partial charge >= 0.3 is 0 Å². The predicted octanol–water partition coefficient (Wildman–Crippen LogP) is 2.16. The maximum absolute atomic E-state index is 4.24. The molecule has 1 unspecified atom stereocenters. The lowest BCUT2D eigenvalue weighted by Gasteiger charge is -2.23. The molecule has 1 heterocycles. The van der Waals surface area contributed by atoms with Crippen LogP contribution in [0.4, 0.5) is 0 Å². The third-order valence-electron chi connectivity index (χ3n) is 4.02. The number of aryl methyl sites for hydroxylation is 1. The lowest BCUT2D eigenvalue weighted by molar-refractivity contribution is 0.319. The van der Waals surface area contributed by atoms with E-state index in [0.29, 0.717) is 0 Å². The second kappa shape index (κ2) is 6.88. The van der Waals surface area contributed by atoms with E-state index in [9.17, 15) is 0 Å². The summed E-state index contributed by atoms with van der Waals surface area (Å²) in [6.45, 7) is 4.49. The molecule has 1 aromatic rings. The minimum absolute atomic E-state index is 0.732. The Balaban J connectivity index is 1.90. The van der Waals surface area contributed by atoms with Crippen LogP contribution in [-0.2, 0) is 13.5 Å². The van der Waals surface area contributed by atoms with Crippen LogP contribution in [0.5, 0.6) is 0 Å². The minimum Gasteiger partial charge on any atom is -0.316 e. The van der Waals surface area contributed by atoms with Gasteiger partial charge in [-0.1, -0.05) is 37.8 Å². The lowest BCUT2D eigenvalue weighted by atomic mass is 9.87. The first-order chi connectivity index (χ1) is 8.79. The number of hydrogen-bond acceptors (Lipinski definition) is 3. The first kappa shape index (κ1) is 13.5. The molecule has 0 amide bonds. The molecular formula is C14H26N4. The van der Waals surface area contributed by atoms with E-state index in [1.54, 1.807) is 4.68 Å². The average molecular weight is 250 g/mol. The van der Waals surface area contributed by atoms with E-state index in [-0.39, 0.29) is 0 Å². The fraction of sp³-hybridized carbons (Fsp3) is 0.857. The Labute approximate surface area is 110 Å². The Bertz CT molecular complexity index is 341. The number of nitrogens with zero attached hydrogens (tertiary/aromatic N) is 3. The van der Waals surface area contributed by atoms with Gasteiger partial charge in [-0.25, -0.2) is 0 Å². The molecule has 18 heavy (non-hydrogen) atoms. The van der Waals surface area contributed by atoms with Crippen LogP contribution in [0.1, 0.15) is 44.7 Å². The average Bonchev–Trinajstić information content (AvgIpc) is 2.99. The Hall–Kier alpha value is -0.900. The molecule has 0 spiro atoms. The van der Waals surface area contributed by atoms with Crippen molar-refractivity contribution >= 4 is 0 Å². The van der Waals surface area contributed by atoms with Crippen molar-refractivity contribution in [2.45, 2.75) is 45.4 Å². The van der Waals surface area contributed by atoms with Crippen molar-refractivity contribution in [1.29, 1.82) is 0 Å². The molecule has 1 atom stereocenters. The zero-order valence-electron chi connectivity index (χ0n) is 11.7. The summed E-state index contributed by atoms with van der Waals surface area (Å²) in [7, 11) is 1.94. The van der Waals surface area contributed by atoms with E-state index < -0.39 is 0 Å². The first-order valence-electron chi connectivity index (χ1n) is 7.35. The fourth-order valence-electron chi connectivity index (χ4n) is 3.06. The normalized spacial score (nSPS) is 18.3. The second-order valence-corrected chi connectivity index (χ2v) is 5.60. The summed E-state index contributed by atoms with van der Waals surface area (Å²) in [5.41, 5.74) is 1.15. The van der Waals surface area contributed by atoms with Crippen LogP contribution in [0.25, 0.3) is 0 Å². The van der Waals surface area contributed by atoms with Gasteiger partial charge in [-0.05, 0) is 37.8 Å². The van der Waals surface area contributed by atoms with Gasteiger partial charge in [-0.2, -0.15) is 0 Å². The molecule has 0 aliphatic heterocycles. The topological polar surface area (TPSA) is 42.7 Å². The second-order valence-electron chi connectivity index (χ2n) is 5.60. The molecule has 4 heteroatoms. The highest BCUT2D eigenvalue weighted by Gasteiger charge is 2.25. The Morgan fingerprint density at radius 2 is 2.22 bits per heavy atom. The van der Waals surface area contributed by atoms with Crippen molar-refractivity contribution in [3.05, 3.63) is 11.9 Å². The van der Waals surface area contributed by atoms with Gasteiger partial charge in [-0.15, -0.1) is 5.10 Å². The molecule has 1 N–H and O–H groups in total. The summed E-state index contributed by atoms with van der Waals surface area (Å²) in [6.07, 6.45) is 9.97. The largest absolute Gasteiger partial charge is 0.316 e. The van der Waals surface area contributed by atoms with Crippen molar-refractivity contribution in [1.82, 2.24) is 20.3 Å². The molecule has 102 valence electrons. The zero-order chi connectivity index (χ0) is 12.8. The van der Waals surface area contributed by atoms with Crippen LogP contribution in [0.3, 0.4) is 0 Å². The third-order valence-corrected chi connectivity index (χ3v) is 4.02. The summed E-state index contributed by atoms with van der Waals surface area (Å²) < 4.78 is 1.81. The molecule has 1 aliphatic carbocycles. The van der Waals surface area contributed by atoms with Crippen LogP contribution < -0.4 is 5.32 Å². The van der Waals surface area contributed by atoms with E-state index in [4.69, 9.17) is 0 Å². The molecule has 1 aliphatic rings. The van der Waals surface area contributed by atoms with E-state index >= 15 is 0 Å². The standard InChI is InChI=1S/C14H26N4/c1-3-8-15-10-13(12-6-4-5-7-12)9-14-11-18(2)17-16-14/h11-13,15H,3-10H2,1-2H3. The number of aromatic nitrogens is 3. The number of rotatable bonds is 7. The molecule has 0 aromatic carbocycles. The smallest absolute Gasteiger partial charge is 0.0830 e. The Morgan fingerprint density at radius 1 is 1.44 bits per heavy atom. The number of nitrogens with one attached hydrogen (secondary N) is 1. The summed E-state index contributed by atoms with van der Waals surface area (Å²) in [5, 5.41) is 11.9. The van der Waals surface area contributed by atoms with Crippen LogP contribution in [0.2, 0.25) is 0 Å². The van der Waals surface area contributed by atoms with Crippen LogP contribution >= 0.6 is 0 Å². The molecule has 1 saturated carbocycles. The highest BCUT2D eigenvalue weighted by atomic mass is 15.4. The SMILES string of the molecule is CCCNCC(Cc1cn(C)nn1)C1CCCC1. The van der Waals surface area contributed by atoms with Gasteiger partial charge in [0.05, 0.1) is 5.69 Å². The fourth-order valence-corrected chi connectivity index (χ4v) is 3.06. The molecule has 2 rings (SSSR count). The maximum atomic E-state index is 4.24. The van der Waals surface area contributed by atoms with Crippen molar-refractivity contribution < 1.29 is 0 Å². The molecule has 0 saturated heterocycles. The van der Waals surface area contributed by atoms with Crippen LogP contribution in [0, 0.1) is 11.8 Å². The van der Waals surface area contributed by atoms with Crippen molar-refractivity contribution in [3.63, 3.8) is 0 Å². The van der Waals surface area contributed by atoms with Gasteiger partial charge in [0.1, 0.15) is 0 Å². The predicted molar refractivity (Wildman–Crippen MR) is 73.3 cm³/mol. The van der Waals surface area contributed by atoms with Crippen LogP contribution in [-0.4, -0.2) is 28.1 Å². The Kier molecular flexibility index (Phi) is 5.17. The van der Waals surface area contributed by atoms with E-state index in [1.807, 2.05) is 7.05 Å². The number of hydrogen-bond donors (Lipinski definition) is 1. The summed E-state index contributed by atoms with van der Waals surface area (Å²) in [6, 6.07) is 0. The van der Waals surface area contributed by atoms with Gasteiger partial charge in [0.25, 0.3) is 0 Å². The molecule has 1 fully saturated rings. The van der Waals surface area contributed by atoms with Gasteiger partial charge in [0.2, 0.25) is 0 Å². The van der Waals surface area contributed by atoms with Crippen molar-refractivity contribution in [2.24, 2.45) is 18.9 Å².